The number of benzene rings is 2. The summed E-state index contributed by atoms with van der Waals surface area (Å²) in [5.41, 5.74) is 5.92. The largest absolute Gasteiger partial charge is 0.272 e. The molecule has 0 unspecified atom stereocenters. The maximum Gasteiger partial charge on any atom is 0.250 e. The quantitative estimate of drug-likeness (QED) is 0.266. The highest BCUT2D eigenvalue weighted by atomic mass is 35.5. The summed E-state index contributed by atoms with van der Waals surface area (Å²) in [7, 11) is 0. The number of nitrogens with zero attached hydrogens (tertiary/aromatic N) is 3. The smallest absolute Gasteiger partial charge is 0.250 e. The molecule has 5 nitrogen and oxygen atoms in total. The molecule has 0 aliphatic rings. The lowest BCUT2D eigenvalue weighted by Crippen LogP contribution is -2.19. The lowest BCUT2D eigenvalue weighted by Gasteiger charge is -1.99. The fourth-order valence-corrected chi connectivity index (χ4v) is 5.11. The molecule has 0 saturated carbocycles. The van der Waals surface area contributed by atoms with E-state index in [1.807, 2.05) is 36.4 Å². The van der Waals surface area contributed by atoms with Gasteiger partial charge in [0, 0.05) is 10.8 Å². The van der Waals surface area contributed by atoms with Crippen LogP contribution in [0.1, 0.15) is 23.6 Å². The van der Waals surface area contributed by atoms with E-state index in [4.69, 9.17) is 11.6 Å². The van der Waals surface area contributed by atoms with Crippen molar-refractivity contribution in [3.63, 3.8) is 0 Å². The molecule has 0 saturated heterocycles. The molecule has 150 valence electrons. The van der Waals surface area contributed by atoms with E-state index in [9.17, 15) is 4.79 Å². The lowest BCUT2D eigenvalue weighted by molar-refractivity contribution is -0.118. The number of rotatable bonds is 9. The van der Waals surface area contributed by atoms with Gasteiger partial charge >= 0.3 is 0 Å². The molecular formula is C20H19ClN4OS3. The van der Waals surface area contributed by atoms with Crippen LogP contribution in [0.15, 0.2) is 62.3 Å². The molecule has 1 heterocycles. The van der Waals surface area contributed by atoms with Crippen molar-refractivity contribution in [2.45, 2.75) is 27.8 Å². The summed E-state index contributed by atoms with van der Waals surface area (Å²) in [6.45, 7) is 2.11. The second kappa shape index (κ2) is 11.3. The van der Waals surface area contributed by atoms with Crippen LogP contribution in [0.4, 0.5) is 0 Å². The van der Waals surface area contributed by atoms with E-state index in [1.54, 1.807) is 18.0 Å². The van der Waals surface area contributed by atoms with Gasteiger partial charge in [-0.15, -0.1) is 10.2 Å². The Morgan fingerprint density at radius 2 is 1.72 bits per heavy atom. The maximum absolute atomic E-state index is 11.9. The second-order valence-corrected chi connectivity index (χ2v) is 9.78. The summed E-state index contributed by atoms with van der Waals surface area (Å²) in [6, 6.07) is 15.8. The molecule has 3 rings (SSSR count). The van der Waals surface area contributed by atoms with Crippen molar-refractivity contribution < 1.29 is 4.79 Å². The zero-order chi connectivity index (χ0) is 20.5. The van der Waals surface area contributed by atoms with Crippen LogP contribution in [-0.2, 0) is 17.0 Å². The Morgan fingerprint density at radius 3 is 2.41 bits per heavy atom. The molecule has 0 bridgehead atoms. The number of aryl methyl sites for hydroxylation is 1. The van der Waals surface area contributed by atoms with Crippen LogP contribution in [0, 0.1) is 0 Å². The first-order valence-electron chi connectivity index (χ1n) is 8.87. The lowest BCUT2D eigenvalue weighted by atomic mass is 10.1. The van der Waals surface area contributed by atoms with Crippen molar-refractivity contribution in [1.29, 1.82) is 0 Å². The first kappa shape index (κ1) is 21.8. The van der Waals surface area contributed by atoms with E-state index in [0.29, 0.717) is 0 Å². The molecule has 1 amide bonds. The van der Waals surface area contributed by atoms with Crippen molar-refractivity contribution in [2.75, 3.05) is 5.75 Å². The molecular weight excluding hydrogens is 444 g/mol. The van der Waals surface area contributed by atoms with Gasteiger partial charge in [0.05, 0.1) is 12.0 Å². The highest BCUT2D eigenvalue weighted by Crippen LogP contribution is 2.30. The molecule has 0 spiro atoms. The fourth-order valence-electron chi connectivity index (χ4n) is 2.22. The zero-order valence-electron chi connectivity index (χ0n) is 15.7. The standard InChI is InChI=1S/C20H19ClN4OS3/c1-2-14-3-5-15(6-4-14)11-22-23-18(26)13-28-20-25-24-19(29-20)27-12-16-7-9-17(21)10-8-16/h3-11H,2,12-13H2,1H3,(H,23,26)/b22-11+. The fraction of sp³-hybridized carbons (Fsp3) is 0.200. The van der Waals surface area contributed by atoms with Gasteiger partial charge in [0.25, 0.3) is 5.91 Å². The van der Waals surface area contributed by atoms with Gasteiger partial charge in [-0.2, -0.15) is 5.10 Å². The third kappa shape index (κ3) is 7.47. The van der Waals surface area contributed by atoms with E-state index in [1.165, 1.54) is 34.2 Å². The molecule has 3 aromatic rings. The van der Waals surface area contributed by atoms with Gasteiger partial charge in [0.15, 0.2) is 8.68 Å². The monoisotopic (exact) mass is 462 g/mol. The SMILES string of the molecule is CCc1ccc(/C=N/NC(=O)CSc2nnc(SCc3ccc(Cl)cc3)s2)cc1. The molecule has 0 atom stereocenters. The predicted octanol–water partition coefficient (Wildman–Crippen LogP) is 5.29. The van der Waals surface area contributed by atoms with E-state index < -0.39 is 0 Å². The Kier molecular flexibility index (Phi) is 8.54. The van der Waals surface area contributed by atoms with E-state index in [0.717, 1.165) is 31.4 Å². The van der Waals surface area contributed by atoms with Crippen molar-refractivity contribution in [3.05, 3.63) is 70.2 Å². The first-order valence-corrected chi connectivity index (χ1v) is 12.0. The molecule has 0 radical (unpaired) electrons. The van der Waals surface area contributed by atoms with Gasteiger partial charge in [0.1, 0.15) is 0 Å². The number of thioether (sulfide) groups is 2. The summed E-state index contributed by atoms with van der Waals surface area (Å²) in [4.78, 5) is 11.9. The van der Waals surface area contributed by atoms with Crippen molar-refractivity contribution in [1.82, 2.24) is 15.6 Å². The van der Waals surface area contributed by atoms with Crippen LogP contribution < -0.4 is 5.43 Å². The summed E-state index contributed by atoms with van der Waals surface area (Å²) in [5.74, 6) is 0.857. The number of hydrazone groups is 1. The average Bonchev–Trinajstić information content (AvgIpc) is 3.20. The Bertz CT molecular complexity index is 959. The highest BCUT2D eigenvalue weighted by Gasteiger charge is 2.08. The van der Waals surface area contributed by atoms with Crippen molar-refractivity contribution in [2.24, 2.45) is 5.10 Å². The topological polar surface area (TPSA) is 67.2 Å². The summed E-state index contributed by atoms with van der Waals surface area (Å²) in [5, 5.41) is 13.0. The number of hydrogen-bond donors (Lipinski definition) is 1. The number of hydrogen-bond acceptors (Lipinski definition) is 7. The Hall–Kier alpha value is -1.87. The second-order valence-electron chi connectivity index (χ2n) is 5.93. The Labute approximate surface area is 187 Å². The van der Waals surface area contributed by atoms with Gasteiger partial charge in [-0.3, -0.25) is 4.79 Å². The summed E-state index contributed by atoms with van der Waals surface area (Å²) in [6.07, 6.45) is 2.64. The van der Waals surface area contributed by atoms with Crippen LogP contribution in [0.2, 0.25) is 5.02 Å². The van der Waals surface area contributed by atoms with Gasteiger partial charge in [-0.25, -0.2) is 5.43 Å². The summed E-state index contributed by atoms with van der Waals surface area (Å²) < 4.78 is 1.63. The van der Waals surface area contributed by atoms with Gasteiger partial charge in [0.2, 0.25) is 0 Å². The number of aromatic nitrogens is 2. The van der Waals surface area contributed by atoms with Crippen LogP contribution in [0.25, 0.3) is 0 Å². The molecule has 2 aromatic carbocycles. The maximum atomic E-state index is 11.9. The molecule has 29 heavy (non-hydrogen) atoms. The third-order valence-corrected chi connectivity index (χ3v) is 7.29. The molecule has 0 aliphatic heterocycles. The van der Waals surface area contributed by atoms with E-state index in [2.05, 4.69) is 39.8 Å². The minimum Gasteiger partial charge on any atom is -0.272 e. The van der Waals surface area contributed by atoms with Gasteiger partial charge in [-0.1, -0.05) is 89.8 Å². The van der Waals surface area contributed by atoms with Crippen LogP contribution in [0.5, 0.6) is 0 Å². The predicted molar refractivity (Wildman–Crippen MR) is 123 cm³/mol. The molecule has 9 heteroatoms. The summed E-state index contributed by atoms with van der Waals surface area (Å²) >= 11 is 10.3. The zero-order valence-corrected chi connectivity index (χ0v) is 18.9. The molecule has 1 N–H and O–H groups in total. The van der Waals surface area contributed by atoms with Gasteiger partial charge in [-0.05, 0) is 35.2 Å². The van der Waals surface area contributed by atoms with Crippen molar-refractivity contribution in [3.8, 4) is 0 Å². The Morgan fingerprint density at radius 1 is 1.07 bits per heavy atom. The number of nitrogens with one attached hydrogen (secondary N) is 1. The van der Waals surface area contributed by atoms with Crippen LogP contribution in [0.3, 0.4) is 0 Å². The number of halogens is 1. The third-order valence-electron chi connectivity index (χ3n) is 3.78. The minimum atomic E-state index is -0.179. The van der Waals surface area contributed by atoms with E-state index in [-0.39, 0.29) is 11.7 Å². The normalized spacial score (nSPS) is 11.1. The average molecular weight is 463 g/mol. The molecule has 1 aromatic heterocycles. The first-order chi connectivity index (χ1) is 14.1. The number of carbonyl (C=O) groups excluding carboxylic acids is 1. The highest BCUT2D eigenvalue weighted by molar-refractivity contribution is 8.03. The van der Waals surface area contributed by atoms with Crippen LogP contribution in [-0.4, -0.2) is 28.1 Å². The molecule has 0 aliphatic carbocycles. The molecule has 0 fully saturated rings. The minimum absolute atomic E-state index is 0.179. The number of carbonyl (C=O) groups is 1. The van der Waals surface area contributed by atoms with Crippen LogP contribution >= 0.6 is 46.5 Å². The van der Waals surface area contributed by atoms with Gasteiger partial charge < -0.3 is 0 Å². The number of amides is 1. The Balaban J connectivity index is 1.39. The van der Waals surface area contributed by atoms with E-state index >= 15 is 0 Å². The van der Waals surface area contributed by atoms with Crippen molar-refractivity contribution >= 4 is 58.6 Å².